The van der Waals surface area contributed by atoms with E-state index in [1.54, 1.807) is 0 Å². The summed E-state index contributed by atoms with van der Waals surface area (Å²) in [6.45, 7) is 4.41. The summed E-state index contributed by atoms with van der Waals surface area (Å²) in [5.74, 6) is 0.0945. The van der Waals surface area contributed by atoms with Gasteiger partial charge in [0.25, 0.3) is 0 Å². The van der Waals surface area contributed by atoms with Crippen LogP contribution in [-0.4, -0.2) is 11.8 Å². The number of amides is 2. The maximum Gasteiger partial charge on any atom is 0.224 e. The molecular formula is C24H40N2O2. The molecule has 0 saturated carbocycles. The van der Waals surface area contributed by atoms with E-state index in [2.05, 4.69) is 24.5 Å². The van der Waals surface area contributed by atoms with Crippen molar-refractivity contribution in [2.45, 2.75) is 104 Å². The first-order valence-electron chi connectivity index (χ1n) is 11.4. The van der Waals surface area contributed by atoms with Gasteiger partial charge in [0.15, 0.2) is 0 Å². The molecule has 0 fully saturated rings. The van der Waals surface area contributed by atoms with Crippen LogP contribution in [0.15, 0.2) is 24.3 Å². The van der Waals surface area contributed by atoms with Crippen molar-refractivity contribution in [2.75, 3.05) is 10.6 Å². The Balaban J connectivity index is 2.25. The van der Waals surface area contributed by atoms with Crippen molar-refractivity contribution in [3.05, 3.63) is 24.3 Å². The largest absolute Gasteiger partial charge is 0.326 e. The molecule has 2 amide bonds. The quantitative estimate of drug-likeness (QED) is 0.298. The van der Waals surface area contributed by atoms with Crippen molar-refractivity contribution in [3.63, 3.8) is 0 Å². The van der Waals surface area contributed by atoms with Crippen LogP contribution in [-0.2, 0) is 9.59 Å². The first-order chi connectivity index (χ1) is 13.7. The van der Waals surface area contributed by atoms with Crippen LogP contribution in [0.25, 0.3) is 0 Å². The SMILES string of the molecule is CCCCCCCCC(=O)Nc1cccc(NC(=O)CCCCCCCC)c1. The van der Waals surface area contributed by atoms with E-state index in [1.807, 2.05) is 24.3 Å². The molecule has 0 saturated heterocycles. The van der Waals surface area contributed by atoms with Crippen molar-refractivity contribution in [1.82, 2.24) is 0 Å². The molecule has 0 unspecified atom stereocenters. The van der Waals surface area contributed by atoms with Gasteiger partial charge in [-0.2, -0.15) is 0 Å². The fourth-order valence-electron chi connectivity index (χ4n) is 3.25. The van der Waals surface area contributed by atoms with Gasteiger partial charge in [-0.3, -0.25) is 9.59 Å². The van der Waals surface area contributed by atoms with Crippen LogP contribution < -0.4 is 10.6 Å². The van der Waals surface area contributed by atoms with Gasteiger partial charge in [-0.25, -0.2) is 0 Å². The number of unbranched alkanes of at least 4 members (excludes halogenated alkanes) is 10. The summed E-state index contributed by atoms with van der Waals surface area (Å²) in [4.78, 5) is 24.2. The first-order valence-corrected chi connectivity index (χ1v) is 11.4. The van der Waals surface area contributed by atoms with Gasteiger partial charge in [0.2, 0.25) is 11.8 Å². The number of rotatable bonds is 16. The van der Waals surface area contributed by atoms with Gasteiger partial charge < -0.3 is 10.6 Å². The molecule has 0 aliphatic carbocycles. The zero-order valence-corrected chi connectivity index (χ0v) is 18.0. The minimum atomic E-state index is 0.0473. The molecule has 2 N–H and O–H groups in total. The van der Waals surface area contributed by atoms with Crippen molar-refractivity contribution in [2.24, 2.45) is 0 Å². The van der Waals surface area contributed by atoms with Crippen LogP contribution in [0.4, 0.5) is 11.4 Å². The molecule has 1 aromatic carbocycles. The number of hydrogen-bond donors (Lipinski definition) is 2. The fourth-order valence-corrected chi connectivity index (χ4v) is 3.25. The van der Waals surface area contributed by atoms with Crippen molar-refractivity contribution >= 4 is 23.2 Å². The topological polar surface area (TPSA) is 58.2 Å². The van der Waals surface area contributed by atoms with E-state index in [0.717, 1.165) is 37.1 Å². The Bertz CT molecular complexity index is 512. The molecule has 158 valence electrons. The lowest BCUT2D eigenvalue weighted by molar-refractivity contribution is -0.117. The standard InChI is InChI=1S/C24H40N2O2/c1-3-5-7-9-11-13-18-23(27)25-21-16-15-17-22(20-21)26-24(28)19-14-12-10-8-6-4-2/h15-17,20H,3-14,18-19H2,1-2H3,(H,25,27)(H,26,28). The summed E-state index contributed by atoms with van der Waals surface area (Å²) < 4.78 is 0. The van der Waals surface area contributed by atoms with Crippen LogP contribution in [0.3, 0.4) is 0 Å². The second kappa shape index (κ2) is 16.1. The number of hydrogen-bond acceptors (Lipinski definition) is 2. The highest BCUT2D eigenvalue weighted by atomic mass is 16.2. The lowest BCUT2D eigenvalue weighted by atomic mass is 10.1. The molecule has 0 heterocycles. The smallest absolute Gasteiger partial charge is 0.224 e. The van der Waals surface area contributed by atoms with Gasteiger partial charge >= 0.3 is 0 Å². The Morgan fingerprint density at radius 2 is 1.04 bits per heavy atom. The van der Waals surface area contributed by atoms with E-state index < -0.39 is 0 Å². The van der Waals surface area contributed by atoms with Crippen LogP contribution in [0, 0.1) is 0 Å². The van der Waals surface area contributed by atoms with E-state index in [0.29, 0.717) is 12.8 Å². The lowest BCUT2D eigenvalue weighted by Crippen LogP contribution is -2.13. The number of nitrogens with one attached hydrogen (secondary N) is 2. The minimum absolute atomic E-state index is 0.0473. The Morgan fingerprint density at radius 3 is 1.46 bits per heavy atom. The molecule has 0 spiro atoms. The summed E-state index contributed by atoms with van der Waals surface area (Å²) in [6, 6.07) is 7.42. The van der Waals surface area contributed by atoms with Gasteiger partial charge in [0.05, 0.1) is 0 Å². The Morgan fingerprint density at radius 1 is 0.643 bits per heavy atom. The summed E-state index contributed by atoms with van der Waals surface area (Å²) in [7, 11) is 0. The van der Waals surface area contributed by atoms with Crippen molar-refractivity contribution in [1.29, 1.82) is 0 Å². The Kier molecular flexibility index (Phi) is 14.0. The predicted molar refractivity (Wildman–Crippen MR) is 120 cm³/mol. The number of benzene rings is 1. The van der Waals surface area contributed by atoms with Crippen molar-refractivity contribution < 1.29 is 9.59 Å². The summed E-state index contributed by atoms with van der Waals surface area (Å²) in [5, 5.41) is 5.88. The Hall–Kier alpha value is -1.84. The number of carbonyl (C=O) groups excluding carboxylic acids is 2. The predicted octanol–water partition coefficient (Wildman–Crippen LogP) is 7.06. The van der Waals surface area contributed by atoms with E-state index in [1.165, 1.54) is 51.4 Å². The third kappa shape index (κ3) is 12.5. The fraction of sp³-hybridized carbons (Fsp3) is 0.667. The molecule has 0 radical (unpaired) electrons. The second-order valence-electron chi connectivity index (χ2n) is 7.71. The molecule has 1 aromatic rings. The molecule has 1 rings (SSSR count). The molecule has 0 aliphatic rings. The highest BCUT2D eigenvalue weighted by Gasteiger charge is 2.06. The van der Waals surface area contributed by atoms with E-state index in [4.69, 9.17) is 0 Å². The van der Waals surface area contributed by atoms with Crippen LogP contribution in [0.2, 0.25) is 0 Å². The lowest BCUT2D eigenvalue weighted by Gasteiger charge is -2.09. The highest BCUT2D eigenvalue weighted by Crippen LogP contribution is 2.17. The van der Waals surface area contributed by atoms with E-state index >= 15 is 0 Å². The molecular weight excluding hydrogens is 348 g/mol. The summed E-state index contributed by atoms with van der Waals surface area (Å²) in [5.41, 5.74) is 1.49. The maximum absolute atomic E-state index is 12.1. The van der Waals surface area contributed by atoms with Crippen LogP contribution in [0.5, 0.6) is 0 Å². The second-order valence-corrected chi connectivity index (χ2v) is 7.71. The van der Waals surface area contributed by atoms with Gasteiger partial charge in [0, 0.05) is 24.2 Å². The molecule has 28 heavy (non-hydrogen) atoms. The maximum atomic E-state index is 12.1. The molecule has 4 nitrogen and oxygen atoms in total. The molecule has 0 aromatic heterocycles. The normalized spacial score (nSPS) is 10.6. The zero-order valence-electron chi connectivity index (χ0n) is 18.0. The molecule has 4 heteroatoms. The monoisotopic (exact) mass is 388 g/mol. The van der Waals surface area contributed by atoms with Gasteiger partial charge in [0.1, 0.15) is 0 Å². The first kappa shape index (κ1) is 24.2. The average molecular weight is 389 g/mol. The van der Waals surface area contributed by atoms with Crippen molar-refractivity contribution in [3.8, 4) is 0 Å². The zero-order chi connectivity index (χ0) is 20.5. The third-order valence-electron chi connectivity index (χ3n) is 4.94. The molecule has 0 bridgehead atoms. The number of anilines is 2. The average Bonchev–Trinajstić information content (AvgIpc) is 2.67. The molecule has 0 atom stereocenters. The van der Waals surface area contributed by atoms with E-state index in [-0.39, 0.29) is 11.8 Å². The van der Waals surface area contributed by atoms with Crippen LogP contribution in [0.1, 0.15) is 104 Å². The minimum Gasteiger partial charge on any atom is -0.326 e. The van der Waals surface area contributed by atoms with Gasteiger partial charge in [-0.1, -0.05) is 84.1 Å². The number of carbonyl (C=O) groups is 2. The summed E-state index contributed by atoms with van der Waals surface area (Å²) >= 11 is 0. The van der Waals surface area contributed by atoms with Crippen LogP contribution >= 0.6 is 0 Å². The molecule has 0 aliphatic heterocycles. The van der Waals surface area contributed by atoms with E-state index in [9.17, 15) is 9.59 Å². The third-order valence-corrected chi connectivity index (χ3v) is 4.94. The van der Waals surface area contributed by atoms with Gasteiger partial charge in [-0.15, -0.1) is 0 Å². The summed E-state index contributed by atoms with van der Waals surface area (Å²) in [6.07, 6.45) is 15.2. The Labute approximate surface area is 171 Å². The van der Waals surface area contributed by atoms with Gasteiger partial charge in [-0.05, 0) is 31.0 Å². The highest BCUT2D eigenvalue weighted by molar-refractivity contribution is 5.94.